The van der Waals surface area contributed by atoms with E-state index in [0.717, 1.165) is 11.1 Å². The number of nitrogens with one attached hydrogen (secondary N) is 1. The molecule has 2 aromatic carbocycles. The number of hydrogen-bond acceptors (Lipinski definition) is 4. The van der Waals surface area contributed by atoms with Gasteiger partial charge in [-0.1, -0.05) is 48.0 Å². The first kappa shape index (κ1) is 17.2. The number of nitrogens with zero attached hydrogens (tertiary/aromatic N) is 2. The second kappa shape index (κ2) is 7.17. The van der Waals surface area contributed by atoms with Crippen LogP contribution in [-0.2, 0) is 11.3 Å². The molecular formula is C21H17N3O2S. The third-order valence-electron chi connectivity index (χ3n) is 4.28. The zero-order chi connectivity index (χ0) is 18.8. The van der Waals surface area contributed by atoms with Gasteiger partial charge in [-0.3, -0.25) is 14.2 Å². The summed E-state index contributed by atoms with van der Waals surface area (Å²) >= 11 is 1.36. The largest absolute Gasteiger partial charge is 0.325 e. The second-order valence-corrected chi connectivity index (χ2v) is 7.16. The number of amides is 1. The first-order valence-electron chi connectivity index (χ1n) is 8.50. The average molecular weight is 375 g/mol. The molecule has 4 rings (SSSR count). The Morgan fingerprint density at radius 2 is 1.85 bits per heavy atom. The predicted octanol–water partition coefficient (Wildman–Crippen LogP) is 4.07. The maximum absolute atomic E-state index is 12.8. The lowest BCUT2D eigenvalue weighted by Crippen LogP contribution is -2.27. The molecule has 5 nitrogen and oxygen atoms in total. The molecule has 0 aliphatic carbocycles. The van der Waals surface area contributed by atoms with Crippen LogP contribution in [0.5, 0.6) is 0 Å². The number of anilines is 1. The highest BCUT2D eigenvalue weighted by Gasteiger charge is 2.14. The molecule has 134 valence electrons. The van der Waals surface area contributed by atoms with Crippen LogP contribution in [0.2, 0.25) is 0 Å². The summed E-state index contributed by atoms with van der Waals surface area (Å²) in [5.74, 6) is -0.264. The molecule has 2 aromatic heterocycles. The number of aromatic nitrogens is 2. The van der Waals surface area contributed by atoms with E-state index in [0.29, 0.717) is 15.9 Å². The van der Waals surface area contributed by atoms with Crippen molar-refractivity contribution in [1.82, 2.24) is 9.55 Å². The van der Waals surface area contributed by atoms with Crippen molar-refractivity contribution >= 4 is 33.1 Å². The van der Waals surface area contributed by atoms with Gasteiger partial charge in [0.05, 0.1) is 11.8 Å². The minimum atomic E-state index is -0.264. The number of hydrogen-bond donors (Lipinski definition) is 1. The molecule has 6 heteroatoms. The molecule has 0 spiro atoms. The average Bonchev–Trinajstić information content (AvgIpc) is 3.10. The van der Waals surface area contributed by atoms with Crippen molar-refractivity contribution in [2.75, 3.05) is 5.32 Å². The van der Waals surface area contributed by atoms with E-state index in [-0.39, 0.29) is 18.0 Å². The van der Waals surface area contributed by atoms with Crippen LogP contribution in [0.15, 0.2) is 71.1 Å². The van der Waals surface area contributed by atoms with Gasteiger partial charge < -0.3 is 5.32 Å². The highest BCUT2D eigenvalue weighted by Crippen LogP contribution is 2.30. The van der Waals surface area contributed by atoms with E-state index < -0.39 is 0 Å². The molecule has 4 aromatic rings. The molecule has 0 aliphatic heterocycles. The summed E-state index contributed by atoms with van der Waals surface area (Å²) < 4.78 is 1.90. The van der Waals surface area contributed by atoms with Crippen LogP contribution in [0.3, 0.4) is 0 Å². The van der Waals surface area contributed by atoms with Crippen molar-refractivity contribution < 1.29 is 4.79 Å². The summed E-state index contributed by atoms with van der Waals surface area (Å²) in [6, 6.07) is 17.3. The minimum Gasteiger partial charge on any atom is -0.325 e. The van der Waals surface area contributed by atoms with Gasteiger partial charge in [-0.15, -0.1) is 11.3 Å². The number of thiophene rings is 1. The van der Waals surface area contributed by atoms with Crippen molar-refractivity contribution in [1.29, 1.82) is 0 Å². The molecule has 1 amide bonds. The summed E-state index contributed by atoms with van der Waals surface area (Å²) in [5.41, 5.74) is 4.31. The minimum absolute atomic E-state index is 0.0750. The van der Waals surface area contributed by atoms with Gasteiger partial charge in [0.1, 0.15) is 11.2 Å². The monoisotopic (exact) mass is 375 g/mol. The number of benzene rings is 2. The fraction of sp³-hybridized carbons (Fsp3) is 0.0952. The van der Waals surface area contributed by atoms with Gasteiger partial charge in [0.25, 0.3) is 5.56 Å². The standard InChI is InChI=1S/C21H17N3O2S/c1-14-7-9-15(10-8-14)17-12-27-20-19(17)22-13-24(21(20)26)11-18(25)23-16-5-3-2-4-6-16/h2-10,12-13H,11H2,1H3,(H,23,25). The molecule has 0 atom stereocenters. The van der Waals surface area contributed by atoms with Crippen molar-refractivity contribution in [2.45, 2.75) is 13.5 Å². The highest BCUT2D eigenvalue weighted by atomic mass is 32.1. The summed E-state index contributed by atoms with van der Waals surface area (Å²) in [7, 11) is 0. The van der Waals surface area contributed by atoms with Crippen LogP contribution in [0.25, 0.3) is 21.3 Å². The first-order valence-corrected chi connectivity index (χ1v) is 9.38. The Morgan fingerprint density at radius 3 is 2.59 bits per heavy atom. The molecular weight excluding hydrogens is 358 g/mol. The highest BCUT2D eigenvalue weighted by molar-refractivity contribution is 7.17. The van der Waals surface area contributed by atoms with Gasteiger partial charge >= 0.3 is 0 Å². The number of aryl methyl sites for hydroxylation is 1. The summed E-state index contributed by atoms with van der Waals surface area (Å²) in [4.78, 5) is 29.5. The molecule has 1 N–H and O–H groups in total. The quantitative estimate of drug-likeness (QED) is 0.585. The Balaban J connectivity index is 1.62. The SMILES string of the molecule is Cc1ccc(-c2csc3c(=O)n(CC(=O)Nc4ccccc4)cnc23)cc1. The predicted molar refractivity (Wildman–Crippen MR) is 109 cm³/mol. The first-order chi connectivity index (χ1) is 13.1. The number of fused-ring (bicyclic) bond motifs is 1. The molecule has 0 fully saturated rings. The van der Waals surface area contributed by atoms with Crippen molar-refractivity contribution in [2.24, 2.45) is 0 Å². The van der Waals surface area contributed by atoms with Crippen LogP contribution in [-0.4, -0.2) is 15.5 Å². The van der Waals surface area contributed by atoms with Crippen LogP contribution < -0.4 is 10.9 Å². The van der Waals surface area contributed by atoms with Gasteiger partial charge in [0, 0.05) is 16.6 Å². The van der Waals surface area contributed by atoms with Crippen LogP contribution in [0, 0.1) is 6.92 Å². The molecule has 2 heterocycles. The molecule has 0 saturated carbocycles. The number of rotatable bonds is 4. The Kier molecular flexibility index (Phi) is 4.56. The Morgan fingerprint density at radius 1 is 1.11 bits per heavy atom. The second-order valence-electron chi connectivity index (χ2n) is 6.28. The van der Waals surface area contributed by atoms with Crippen LogP contribution in [0.4, 0.5) is 5.69 Å². The van der Waals surface area contributed by atoms with Crippen LogP contribution in [0.1, 0.15) is 5.56 Å². The smallest absolute Gasteiger partial charge is 0.271 e. The van der Waals surface area contributed by atoms with E-state index in [2.05, 4.69) is 10.3 Å². The summed E-state index contributed by atoms with van der Waals surface area (Å²) in [6.07, 6.45) is 1.44. The van der Waals surface area contributed by atoms with Gasteiger partial charge in [-0.25, -0.2) is 4.98 Å². The van der Waals surface area contributed by atoms with E-state index in [1.54, 1.807) is 12.1 Å². The van der Waals surface area contributed by atoms with Crippen molar-refractivity contribution in [3.63, 3.8) is 0 Å². The Labute approximate surface area is 159 Å². The van der Waals surface area contributed by atoms with Gasteiger partial charge in [0.15, 0.2) is 0 Å². The van der Waals surface area contributed by atoms with Crippen LogP contribution >= 0.6 is 11.3 Å². The van der Waals surface area contributed by atoms with E-state index in [9.17, 15) is 9.59 Å². The topological polar surface area (TPSA) is 64.0 Å². The third kappa shape index (κ3) is 3.52. The number of para-hydroxylation sites is 1. The van der Waals surface area contributed by atoms with Gasteiger partial charge in [-0.2, -0.15) is 0 Å². The van der Waals surface area contributed by atoms with E-state index in [4.69, 9.17) is 0 Å². The zero-order valence-corrected chi connectivity index (χ0v) is 15.5. The third-order valence-corrected chi connectivity index (χ3v) is 5.24. The molecule has 27 heavy (non-hydrogen) atoms. The van der Waals surface area contributed by atoms with E-state index >= 15 is 0 Å². The maximum atomic E-state index is 12.8. The lowest BCUT2D eigenvalue weighted by molar-refractivity contribution is -0.116. The van der Waals surface area contributed by atoms with E-state index in [1.165, 1.54) is 27.8 Å². The maximum Gasteiger partial charge on any atom is 0.271 e. The Bertz CT molecular complexity index is 1160. The lowest BCUT2D eigenvalue weighted by Gasteiger charge is -2.07. The summed E-state index contributed by atoms with van der Waals surface area (Å²) in [5, 5.41) is 4.72. The summed E-state index contributed by atoms with van der Waals surface area (Å²) in [6.45, 7) is 1.96. The molecule has 0 saturated heterocycles. The van der Waals surface area contributed by atoms with Crippen molar-refractivity contribution in [3.8, 4) is 11.1 Å². The fourth-order valence-electron chi connectivity index (χ4n) is 2.87. The molecule has 0 unspecified atom stereocenters. The van der Waals surface area contributed by atoms with Gasteiger partial charge in [0.2, 0.25) is 5.91 Å². The lowest BCUT2D eigenvalue weighted by atomic mass is 10.1. The van der Waals surface area contributed by atoms with Crippen molar-refractivity contribution in [3.05, 3.63) is 82.2 Å². The normalized spacial score (nSPS) is 10.9. The molecule has 0 bridgehead atoms. The van der Waals surface area contributed by atoms with E-state index in [1.807, 2.05) is 54.8 Å². The number of carbonyl (C=O) groups excluding carboxylic acids is 1. The fourth-order valence-corrected chi connectivity index (χ4v) is 3.84. The van der Waals surface area contributed by atoms with Gasteiger partial charge in [-0.05, 0) is 24.6 Å². The Hall–Kier alpha value is -3.25. The molecule has 0 radical (unpaired) electrons. The molecule has 0 aliphatic rings. The zero-order valence-electron chi connectivity index (χ0n) is 14.7. The number of carbonyl (C=O) groups is 1.